The molecule has 0 bridgehead atoms. The molecule has 0 spiro atoms. The van der Waals surface area contributed by atoms with Crippen LogP contribution in [0.3, 0.4) is 0 Å². The van der Waals surface area contributed by atoms with Crippen molar-refractivity contribution in [2.45, 2.75) is 13.8 Å². The van der Waals surface area contributed by atoms with Crippen molar-refractivity contribution < 1.29 is 4.79 Å². The molecule has 88 valence electrons. The number of carbonyl (C=O) groups is 1. The second kappa shape index (κ2) is 4.41. The maximum Gasteiger partial charge on any atom is 0.273 e. The molecular formula is C13H15N3O. The minimum absolute atomic E-state index is 0.140. The Balaban J connectivity index is 2.20. The Kier molecular flexibility index (Phi) is 2.95. The van der Waals surface area contributed by atoms with Crippen molar-refractivity contribution in [3.05, 3.63) is 47.4 Å². The van der Waals surface area contributed by atoms with Gasteiger partial charge in [0.1, 0.15) is 11.5 Å². The van der Waals surface area contributed by atoms with Gasteiger partial charge in [-0.3, -0.25) is 4.79 Å². The molecule has 0 saturated heterocycles. The third-order valence-corrected chi connectivity index (χ3v) is 2.74. The van der Waals surface area contributed by atoms with E-state index >= 15 is 0 Å². The molecule has 0 fully saturated rings. The predicted molar refractivity (Wildman–Crippen MR) is 67.1 cm³/mol. The lowest BCUT2D eigenvalue weighted by Gasteiger charge is -2.06. The van der Waals surface area contributed by atoms with Gasteiger partial charge in [-0.05, 0) is 38.1 Å². The monoisotopic (exact) mass is 229 g/mol. The minimum atomic E-state index is -0.140. The minimum Gasteiger partial charge on any atom is -0.344 e. The first kappa shape index (κ1) is 11.4. The fourth-order valence-corrected chi connectivity index (χ4v) is 1.63. The van der Waals surface area contributed by atoms with Gasteiger partial charge in [-0.1, -0.05) is 6.07 Å². The average Bonchev–Trinajstić information content (AvgIpc) is 2.60. The molecular weight excluding hydrogens is 214 g/mol. The largest absolute Gasteiger partial charge is 0.344 e. The van der Waals surface area contributed by atoms with E-state index in [1.165, 1.54) is 0 Å². The van der Waals surface area contributed by atoms with Gasteiger partial charge in [-0.25, -0.2) is 4.98 Å². The number of anilines is 1. The summed E-state index contributed by atoms with van der Waals surface area (Å²) in [6.07, 6.45) is 0. The standard InChI is InChI=1S/C13H15N3O/c1-9-5-4-6-12(14-9)15-13(17)11-8-7-10(2)16(11)3/h4-8H,1-3H3,(H,14,15,17). The van der Waals surface area contributed by atoms with Crippen LogP contribution in [0.2, 0.25) is 0 Å². The van der Waals surface area contributed by atoms with Gasteiger partial charge in [-0.2, -0.15) is 0 Å². The van der Waals surface area contributed by atoms with Crippen LogP contribution in [0.1, 0.15) is 21.9 Å². The van der Waals surface area contributed by atoms with Crippen LogP contribution in [0.4, 0.5) is 5.82 Å². The average molecular weight is 229 g/mol. The summed E-state index contributed by atoms with van der Waals surface area (Å²) in [5.41, 5.74) is 2.56. The van der Waals surface area contributed by atoms with Crippen LogP contribution in [-0.2, 0) is 7.05 Å². The molecule has 2 aromatic rings. The van der Waals surface area contributed by atoms with Gasteiger partial charge in [0, 0.05) is 18.4 Å². The Bertz CT molecular complexity index is 558. The van der Waals surface area contributed by atoms with E-state index < -0.39 is 0 Å². The Labute approximate surface area is 100 Å². The van der Waals surface area contributed by atoms with Crippen molar-refractivity contribution >= 4 is 11.7 Å². The number of nitrogens with one attached hydrogen (secondary N) is 1. The number of nitrogens with zero attached hydrogens (tertiary/aromatic N) is 2. The molecule has 0 unspecified atom stereocenters. The molecule has 2 aromatic heterocycles. The van der Waals surface area contributed by atoms with E-state index in [9.17, 15) is 4.79 Å². The van der Waals surface area contributed by atoms with Crippen LogP contribution >= 0.6 is 0 Å². The van der Waals surface area contributed by atoms with Crippen LogP contribution in [0.15, 0.2) is 30.3 Å². The topological polar surface area (TPSA) is 46.9 Å². The smallest absolute Gasteiger partial charge is 0.273 e. The van der Waals surface area contributed by atoms with Gasteiger partial charge < -0.3 is 9.88 Å². The van der Waals surface area contributed by atoms with E-state index in [0.29, 0.717) is 11.5 Å². The predicted octanol–water partition coefficient (Wildman–Crippen LogP) is 2.29. The van der Waals surface area contributed by atoms with Crippen molar-refractivity contribution in [1.29, 1.82) is 0 Å². The van der Waals surface area contributed by atoms with Gasteiger partial charge in [-0.15, -0.1) is 0 Å². The van der Waals surface area contributed by atoms with E-state index in [-0.39, 0.29) is 5.91 Å². The van der Waals surface area contributed by atoms with E-state index in [1.54, 1.807) is 12.1 Å². The zero-order chi connectivity index (χ0) is 12.4. The number of amides is 1. The van der Waals surface area contributed by atoms with Crippen molar-refractivity contribution in [1.82, 2.24) is 9.55 Å². The molecule has 0 aliphatic carbocycles. The lowest BCUT2D eigenvalue weighted by atomic mass is 10.3. The molecule has 2 rings (SSSR count). The fourth-order valence-electron chi connectivity index (χ4n) is 1.63. The van der Waals surface area contributed by atoms with E-state index in [4.69, 9.17) is 0 Å². The van der Waals surface area contributed by atoms with Gasteiger partial charge in [0.05, 0.1) is 0 Å². The summed E-state index contributed by atoms with van der Waals surface area (Å²) in [6, 6.07) is 9.26. The second-order valence-electron chi connectivity index (χ2n) is 4.04. The Morgan fingerprint density at radius 2 is 2.00 bits per heavy atom. The third-order valence-electron chi connectivity index (χ3n) is 2.74. The van der Waals surface area contributed by atoms with Gasteiger partial charge >= 0.3 is 0 Å². The number of hydrogen-bond acceptors (Lipinski definition) is 2. The summed E-state index contributed by atoms with van der Waals surface area (Å²) in [5.74, 6) is 0.438. The summed E-state index contributed by atoms with van der Waals surface area (Å²) in [7, 11) is 1.87. The van der Waals surface area contributed by atoms with Gasteiger partial charge in [0.2, 0.25) is 0 Å². The lowest BCUT2D eigenvalue weighted by Crippen LogP contribution is -2.16. The molecule has 0 atom stereocenters. The maximum atomic E-state index is 12.0. The molecule has 1 amide bonds. The first-order valence-corrected chi connectivity index (χ1v) is 5.45. The van der Waals surface area contributed by atoms with Crippen LogP contribution in [-0.4, -0.2) is 15.5 Å². The number of carbonyl (C=O) groups excluding carboxylic acids is 1. The summed E-state index contributed by atoms with van der Waals surface area (Å²) in [6.45, 7) is 3.85. The highest BCUT2D eigenvalue weighted by molar-refractivity contribution is 6.02. The number of aromatic nitrogens is 2. The zero-order valence-electron chi connectivity index (χ0n) is 10.2. The van der Waals surface area contributed by atoms with Crippen molar-refractivity contribution in [2.75, 3.05) is 5.32 Å². The molecule has 0 saturated carbocycles. The molecule has 4 nitrogen and oxygen atoms in total. The van der Waals surface area contributed by atoms with Gasteiger partial charge in [0.25, 0.3) is 5.91 Å². The SMILES string of the molecule is Cc1cccc(NC(=O)c2ccc(C)n2C)n1. The summed E-state index contributed by atoms with van der Waals surface area (Å²) in [4.78, 5) is 16.2. The third kappa shape index (κ3) is 2.36. The van der Waals surface area contributed by atoms with E-state index in [0.717, 1.165) is 11.4 Å². The molecule has 1 N–H and O–H groups in total. The number of hydrogen-bond donors (Lipinski definition) is 1. The summed E-state index contributed by atoms with van der Waals surface area (Å²) in [5, 5.41) is 2.78. The molecule has 0 aliphatic rings. The Morgan fingerprint density at radius 1 is 1.24 bits per heavy atom. The summed E-state index contributed by atoms with van der Waals surface area (Å²) >= 11 is 0. The van der Waals surface area contributed by atoms with E-state index in [1.807, 2.05) is 43.7 Å². The van der Waals surface area contributed by atoms with Crippen molar-refractivity contribution in [3.8, 4) is 0 Å². The second-order valence-corrected chi connectivity index (χ2v) is 4.04. The van der Waals surface area contributed by atoms with Crippen LogP contribution in [0.25, 0.3) is 0 Å². The number of pyridine rings is 1. The molecule has 17 heavy (non-hydrogen) atoms. The van der Waals surface area contributed by atoms with Crippen molar-refractivity contribution in [3.63, 3.8) is 0 Å². The van der Waals surface area contributed by atoms with Crippen LogP contribution in [0.5, 0.6) is 0 Å². The molecule has 0 radical (unpaired) electrons. The first-order valence-electron chi connectivity index (χ1n) is 5.45. The quantitative estimate of drug-likeness (QED) is 0.858. The fraction of sp³-hybridized carbons (Fsp3) is 0.231. The van der Waals surface area contributed by atoms with E-state index in [2.05, 4.69) is 10.3 Å². The van der Waals surface area contributed by atoms with Crippen LogP contribution < -0.4 is 5.32 Å². The highest BCUT2D eigenvalue weighted by atomic mass is 16.2. The van der Waals surface area contributed by atoms with Crippen molar-refractivity contribution in [2.24, 2.45) is 7.05 Å². The molecule has 0 aromatic carbocycles. The highest BCUT2D eigenvalue weighted by Gasteiger charge is 2.11. The number of aryl methyl sites for hydroxylation is 2. The normalized spacial score (nSPS) is 10.3. The van der Waals surface area contributed by atoms with Gasteiger partial charge in [0.15, 0.2) is 0 Å². The zero-order valence-corrected chi connectivity index (χ0v) is 10.2. The molecule has 2 heterocycles. The Morgan fingerprint density at radius 3 is 2.59 bits per heavy atom. The first-order chi connectivity index (χ1) is 8.08. The van der Waals surface area contributed by atoms with Crippen LogP contribution in [0, 0.1) is 13.8 Å². The highest BCUT2D eigenvalue weighted by Crippen LogP contribution is 2.09. The Hall–Kier alpha value is -2.10. The number of rotatable bonds is 2. The lowest BCUT2D eigenvalue weighted by molar-refractivity contribution is 0.101. The maximum absolute atomic E-state index is 12.0. The molecule has 0 aliphatic heterocycles. The summed E-state index contributed by atoms with van der Waals surface area (Å²) < 4.78 is 1.85. The molecule has 4 heteroatoms.